The third-order valence-electron chi connectivity index (χ3n) is 5.14. The lowest BCUT2D eigenvalue weighted by Gasteiger charge is -2.32. The van der Waals surface area contributed by atoms with E-state index in [4.69, 9.17) is 4.74 Å². The fourth-order valence-electron chi connectivity index (χ4n) is 3.48. The van der Waals surface area contributed by atoms with Crippen molar-refractivity contribution in [3.05, 3.63) is 46.8 Å². The van der Waals surface area contributed by atoms with Crippen LogP contribution in [0, 0.1) is 19.8 Å². The molecule has 0 radical (unpaired) electrons. The predicted molar refractivity (Wildman–Crippen MR) is 101 cm³/mol. The lowest BCUT2D eigenvalue weighted by atomic mass is 9.96. The van der Waals surface area contributed by atoms with Crippen molar-refractivity contribution < 1.29 is 14.3 Å². The first-order valence-electron chi connectivity index (χ1n) is 9.17. The summed E-state index contributed by atoms with van der Waals surface area (Å²) in [7, 11) is 1.62. The van der Waals surface area contributed by atoms with Crippen LogP contribution in [0.1, 0.15) is 35.4 Å². The molecule has 1 fully saturated rings. The van der Waals surface area contributed by atoms with Crippen molar-refractivity contribution in [3.63, 3.8) is 0 Å². The maximum Gasteiger partial charge on any atom is 0.225 e. The van der Waals surface area contributed by atoms with Gasteiger partial charge in [0.2, 0.25) is 11.8 Å². The Labute approximate surface area is 159 Å². The van der Waals surface area contributed by atoms with Gasteiger partial charge in [0.05, 0.1) is 18.7 Å². The highest BCUT2D eigenvalue weighted by Gasteiger charge is 2.30. The number of piperidine rings is 1. The quantitative estimate of drug-likeness (QED) is 0.815. The molecule has 1 aliphatic heterocycles. The Morgan fingerprint density at radius 3 is 2.85 bits per heavy atom. The molecule has 1 aromatic heterocycles. The fraction of sp³-hybridized carbons (Fsp3) is 0.450. The number of ether oxygens (including phenoxy) is 1. The van der Waals surface area contributed by atoms with E-state index in [0.717, 1.165) is 28.3 Å². The average Bonchev–Trinajstić information content (AvgIpc) is 2.99. The van der Waals surface area contributed by atoms with Crippen molar-refractivity contribution in [2.75, 3.05) is 13.7 Å². The van der Waals surface area contributed by atoms with Crippen LogP contribution in [0.5, 0.6) is 5.75 Å². The van der Waals surface area contributed by atoms with Gasteiger partial charge in [-0.15, -0.1) is 0 Å². The number of benzene rings is 1. The smallest absolute Gasteiger partial charge is 0.225 e. The lowest BCUT2D eigenvalue weighted by molar-refractivity contribution is -0.139. The monoisotopic (exact) mass is 370 g/mol. The summed E-state index contributed by atoms with van der Waals surface area (Å²) in [5.74, 6) is 0.603. The van der Waals surface area contributed by atoms with Crippen molar-refractivity contribution in [1.82, 2.24) is 20.4 Å². The molecule has 2 heterocycles. The zero-order valence-electron chi connectivity index (χ0n) is 16.0. The van der Waals surface area contributed by atoms with Gasteiger partial charge < -0.3 is 15.0 Å². The zero-order chi connectivity index (χ0) is 19.4. The van der Waals surface area contributed by atoms with Crippen molar-refractivity contribution in [2.45, 2.75) is 39.8 Å². The molecule has 3 rings (SSSR count). The molecule has 2 N–H and O–H groups in total. The number of H-pyrrole nitrogens is 1. The number of aromatic nitrogens is 2. The standard InChI is InChI=1S/C20H26N4O3/c1-13-17(14(2)23-22-13)10-21-20(26)16-8-9-19(25)24(12-16)11-15-6-4-5-7-18(15)27-3/h4-7,16H,8-12H2,1-3H3,(H,21,26)(H,22,23)/t16-/m1/s1. The summed E-state index contributed by atoms with van der Waals surface area (Å²) in [5.41, 5.74) is 3.81. The van der Waals surface area contributed by atoms with E-state index in [2.05, 4.69) is 15.5 Å². The Morgan fingerprint density at radius 2 is 2.15 bits per heavy atom. The number of amides is 2. The zero-order valence-corrected chi connectivity index (χ0v) is 16.0. The molecule has 7 heteroatoms. The van der Waals surface area contributed by atoms with Crippen LogP contribution >= 0.6 is 0 Å². The van der Waals surface area contributed by atoms with Crippen LogP contribution < -0.4 is 10.1 Å². The normalized spacial score (nSPS) is 17.1. The summed E-state index contributed by atoms with van der Waals surface area (Å²) in [6, 6.07) is 7.65. The van der Waals surface area contributed by atoms with Crippen LogP contribution in [-0.4, -0.2) is 40.6 Å². The molecule has 2 amide bonds. The number of hydrogen-bond donors (Lipinski definition) is 2. The molecule has 7 nitrogen and oxygen atoms in total. The Morgan fingerprint density at radius 1 is 1.37 bits per heavy atom. The molecule has 1 aromatic carbocycles. The molecule has 0 bridgehead atoms. The highest BCUT2D eigenvalue weighted by molar-refractivity contribution is 5.83. The second kappa shape index (κ2) is 8.24. The number of nitrogens with one attached hydrogen (secondary N) is 2. The van der Waals surface area contributed by atoms with E-state index in [9.17, 15) is 9.59 Å². The van der Waals surface area contributed by atoms with Gasteiger partial charge in [-0.25, -0.2) is 0 Å². The van der Waals surface area contributed by atoms with Crippen molar-refractivity contribution in [3.8, 4) is 5.75 Å². The number of likely N-dealkylation sites (tertiary alicyclic amines) is 1. The molecule has 0 saturated carbocycles. The number of aryl methyl sites for hydroxylation is 2. The van der Waals surface area contributed by atoms with Crippen molar-refractivity contribution in [1.29, 1.82) is 0 Å². The summed E-state index contributed by atoms with van der Waals surface area (Å²) in [6.45, 7) is 5.18. The molecule has 1 aliphatic rings. The van der Waals surface area contributed by atoms with Crippen LogP contribution in [0.15, 0.2) is 24.3 Å². The molecule has 0 spiro atoms. The third kappa shape index (κ3) is 4.30. The van der Waals surface area contributed by atoms with Crippen LogP contribution in [0.4, 0.5) is 0 Å². The Hall–Kier alpha value is -2.83. The minimum absolute atomic E-state index is 0.0208. The topological polar surface area (TPSA) is 87.3 Å². The van der Waals surface area contributed by atoms with Crippen LogP contribution in [0.3, 0.4) is 0 Å². The molecule has 0 aliphatic carbocycles. The number of nitrogens with zero attached hydrogens (tertiary/aromatic N) is 2. The van der Waals surface area contributed by atoms with E-state index >= 15 is 0 Å². The van der Waals surface area contributed by atoms with E-state index < -0.39 is 0 Å². The van der Waals surface area contributed by atoms with Crippen LogP contribution in [0.25, 0.3) is 0 Å². The van der Waals surface area contributed by atoms with E-state index in [0.29, 0.717) is 32.5 Å². The largest absolute Gasteiger partial charge is 0.496 e. The van der Waals surface area contributed by atoms with Gasteiger partial charge >= 0.3 is 0 Å². The second-order valence-electron chi connectivity index (χ2n) is 6.95. The van der Waals surface area contributed by atoms with E-state index in [1.807, 2.05) is 38.1 Å². The third-order valence-corrected chi connectivity index (χ3v) is 5.14. The minimum atomic E-state index is -0.204. The molecule has 2 aromatic rings. The van der Waals surface area contributed by atoms with Gasteiger partial charge in [0.25, 0.3) is 0 Å². The van der Waals surface area contributed by atoms with E-state index in [-0.39, 0.29) is 17.7 Å². The van der Waals surface area contributed by atoms with Gasteiger partial charge in [0, 0.05) is 42.9 Å². The van der Waals surface area contributed by atoms with Gasteiger partial charge in [-0.1, -0.05) is 18.2 Å². The first-order chi connectivity index (χ1) is 13.0. The molecular formula is C20H26N4O3. The van der Waals surface area contributed by atoms with Gasteiger partial charge in [-0.2, -0.15) is 5.10 Å². The van der Waals surface area contributed by atoms with E-state index in [1.165, 1.54) is 0 Å². The number of para-hydroxylation sites is 1. The number of hydrogen-bond acceptors (Lipinski definition) is 4. The number of aromatic amines is 1. The van der Waals surface area contributed by atoms with Crippen LogP contribution in [0.2, 0.25) is 0 Å². The molecule has 1 saturated heterocycles. The number of rotatable bonds is 6. The highest BCUT2D eigenvalue weighted by Crippen LogP contribution is 2.24. The Bertz CT molecular complexity index is 811. The van der Waals surface area contributed by atoms with Gasteiger partial charge in [0.1, 0.15) is 5.75 Å². The Kier molecular flexibility index (Phi) is 5.78. The number of methoxy groups -OCH3 is 1. The van der Waals surface area contributed by atoms with Crippen molar-refractivity contribution >= 4 is 11.8 Å². The summed E-state index contributed by atoms with van der Waals surface area (Å²) in [6.07, 6.45) is 0.966. The molecule has 144 valence electrons. The molecular weight excluding hydrogens is 344 g/mol. The maximum absolute atomic E-state index is 12.6. The number of carbonyl (C=O) groups is 2. The van der Waals surface area contributed by atoms with Crippen molar-refractivity contribution in [2.24, 2.45) is 5.92 Å². The van der Waals surface area contributed by atoms with Gasteiger partial charge in [0.15, 0.2) is 0 Å². The lowest BCUT2D eigenvalue weighted by Crippen LogP contribution is -2.45. The molecule has 1 atom stereocenters. The SMILES string of the molecule is COc1ccccc1CN1C[C@H](C(=O)NCc2c(C)n[nH]c2C)CCC1=O. The molecule has 0 unspecified atom stereocenters. The average molecular weight is 370 g/mol. The highest BCUT2D eigenvalue weighted by atomic mass is 16.5. The first-order valence-corrected chi connectivity index (χ1v) is 9.17. The summed E-state index contributed by atoms with van der Waals surface area (Å²) < 4.78 is 5.37. The first kappa shape index (κ1) is 18.9. The van der Waals surface area contributed by atoms with Gasteiger partial charge in [-0.3, -0.25) is 14.7 Å². The Balaban J connectivity index is 1.62. The summed E-state index contributed by atoms with van der Waals surface area (Å²) in [5, 5.41) is 10.1. The summed E-state index contributed by atoms with van der Waals surface area (Å²) >= 11 is 0. The van der Waals surface area contributed by atoms with Gasteiger partial charge in [-0.05, 0) is 26.3 Å². The summed E-state index contributed by atoms with van der Waals surface area (Å²) in [4.78, 5) is 26.7. The second-order valence-corrected chi connectivity index (χ2v) is 6.95. The fourth-order valence-corrected chi connectivity index (χ4v) is 3.48. The van der Waals surface area contributed by atoms with Crippen LogP contribution in [-0.2, 0) is 22.7 Å². The van der Waals surface area contributed by atoms with E-state index in [1.54, 1.807) is 12.0 Å². The predicted octanol–water partition coefficient (Wildman–Crippen LogP) is 2.09. The minimum Gasteiger partial charge on any atom is -0.496 e. The number of carbonyl (C=O) groups excluding carboxylic acids is 2. The maximum atomic E-state index is 12.6. The molecule has 27 heavy (non-hydrogen) atoms.